The van der Waals surface area contributed by atoms with Gasteiger partial charge in [-0.2, -0.15) is 0 Å². The molecule has 0 atom stereocenters. The number of amides is 3. The SMILES string of the molecule is Cc1ccc(CN(Cc2ccccc2)C(=O)CN(CCN2CCOCC2)C(=O)Nc2ccc(C)c(Cl)c2)o1. The van der Waals surface area contributed by atoms with E-state index < -0.39 is 0 Å². The summed E-state index contributed by atoms with van der Waals surface area (Å²) in [6.07, 6.45) is 0. The summed E-state index contributed by atoms with van der Waals surface area (Å²) < 4.78 is 11.2. The minimum absolute atomic E-state index is 0.0672. The Morgan fingerprint density at radius 2 is 1.74 bits per heavy atom. The molecule has 1 saturated heterocycles. The lowest BCUT2D eigenvalue weighted by atomic mass is 10.2. The molecule has 8 nitrogen and oxygen atoms in total. The summed E-state index contributed by atoms with van der Waals surface area (Å²) in [6.45, 7) is 8.42. The third-order valence-electron chi connectivity index (χ3n) is 6.54. The Morgan fingerprint density at radius 3 is 2.42 bits per heavy atom. The van der Waals surface area contributed by atoms with E-state index in [9.17, 15) is 9.59 Å². The Labute approximate surface area is 229 Å². The van der Waals surface area contributed by atoms with Crippen LogP contribution in [0.3, 0.4) is 0 Å². The van der Waals surface area contributed by atoms with Crippen LogP contribution in [-0.4, -0.2) is 72.6 Å². The van der Waals surface area contributed by atoms with Gasteiger partial charge in [0.1, 0.15) is 18.1 Å². The fourth-order valence-electron chi connectivity index (χ4n) is 4.27. The summed E-state index contributed by atoms with van der Waals surface area (Å²) >= 11 is 6.27. The van der Waals surface area contributed by atoms with Crippen LogP contribution in [0.5, 0.6) is 0 Å². The number of ether oxygens (including phenoxy) is 1. The Morgan fingerprint density at radius 1 is 0.974 bits per heavy atom. The minimum Gasteiger partial charge on any atom is -0.464 e. The summed E-state index contributed by atoms with van der Waals surface area (Å²) in [5, 5.41) is 3.49. The van der Waals surface area contributed by atoms with E-state index in [4.69, 9.17) is 20.8 Å². The van der Waals surface area contributed by atoms with Gasteiger partial charge in [-0.25, -0.2) is 4.79 Å². The molecule has 38 heavy (non-hydrogen) atoms. The molecule has 9 heteroatoms. The topological polar surface area (TPSA) is 78.3 Å². The highest BCUT2D eigenvalue weighted by atomic mass is 35.5. The fourth-order valence-corrected chi connectivity index (χ4v) is 4.45. The number of nitrogens with one attached hydrogen (secondary N) is 1. The van der Waals surface area contributed by atoms with Gasteiger partial charge in [0.15, 0.2) is 0 Å². The van der Waals surface area contributed by atoms with Gasteiger partial charge in [-0.05, 0) is 49.2 Å². The number of morpholine rings is 1. The van der Waals surface area contributed by atoms with Crippen molar-refractivity contribution in [3.8, 4) is 0 Å². The zero-order valence-electron chi connectivity index (χ0n) is 22.0. The van der Waals surface area contributed by atoms with Crippen LogP contribution in [0, 0.1) is 13.8 Å². The summed E-state index contributed by atoms with van der Waals surface area (Å²) in [7, 11) is 0. The van der Waals surface area contributed by atoms with E-state index in [-0.39, 0.29) is 18.5 Å². The Bertz CT molecular complexity index is 1210. The van der Waals surface area contributed by atoms with Crippen molar-refractivity contribution in [2.24, 2.45) is 0 Å². The minimum atomic E-state index is -0.347. The predicted octanol–water partition coefficient (Wildman–Crippen LogP) is 4.94. The zero-order chi connectivity index (χ0) is 26.9. The Balaban J connectivity index is 1.50. The van der Waals surface area contributed by atoms with E-state index in [0.717, 1.165) is 30.0 Å². The lowest BCUT2D eigenvalue weighted by Crippen LogP contribution is -2.48. The van der Waals surface area contributed by atoms with Crippen LogP contribution in [0.15, 0.2) is 65.1 Å². The number of anilines is 1. The highest BCUT2D eigenvalue weighted by molar-refractivity contribution is 6.31. The maximum absolute atomic E-state index is 13.7. The highest BCUT2D eigenvalue weighted by Gasteiger charge is 2.24. The number of hydrogen-bond acceptors (Lipinski definition) is 5. The molecule has 0 saturated carbocycles. The molecule has 202 valence electrons. The van der Waals surface area contributed by atoms with Crippen molar-refractivity contribution in [2.45, 2.75) is 26.9 Å². The van der Waals surface area contributed by atoms with E-state index in [1.54, 1.807) is 15.9 Å². The Hall–Kier alpha value is -3.33. The molecule has 2 aromatic carbocycles. The standard InChI is InChI=1S/C29H35ClN4O4/c1-22-8-10-25(18-27(22)30)31-29(36)33(13-12-32-14-16-37-17-15-32)21-28(35)34(19-24-6-4-3-5-7-24)20-26-11-9-23(2)38-26/h3-11,18H,12-17,19-21H2,1-2H3,(H,31,36). The number of aryl methyl sites for hydroxylation is 2. The number of furan rings is 1. The molecule has 1 aliphatic heterocycles. The van der Waals surface area contributed by atoms with Gasteiger partial charge in [-0.3, -0.25) is 9.69 Å². The van der Waals surface area contributed by atoms with Crippen LogP contribution >= 0.6 is 11.6 Å². The fraction of sp³-hybridized carbons (Fsp3) is 0.379. The number of halogens is 1. The lowest BCUT2D eigenvalue weighted by molar-refractivity contribution is -0.133. The second kappa shape index (κ2) is 13.5. The smallest absolute Gasteiger partial charge is 0.322 e. The van der Waals surface area contributed by atoms with Gasteiger partial charge >= 0.3 is 6.03 Å². The predicted molar refractivity (Wildman–Crippen MR) is 148 cm³/mol. The molecule has 0 aliphatic carbocycles. The number of carbonyl (C=O) groups excluding carboxylic acids is 2. The first-order chi connectivity index (χ1) is 18.4. The average molecular weight is 539 g/mol. The van der Waals surface area contributed by atoms with Crippen LogP contribution < -0.4 is 5.32 Å². The molecule has 3 aromatic rings. The molecule has 1 fully saturated rings. The molecule has 3 amide bonds. The molecule has 4 rings (SSSR count). The van der Waals surface area contributed by atoms with Gasteiger partial charge in [0, 0.05) is 43.4 Å². The van der Waals surface area contributed by atoms with Crippen molar-refractivity contribution in [2.75, 3.05) is 51.3 Å². The molecule has 1 aromatic heterocycles. The van der Waals surface area contributed by atoms with Gasteiger partial charge in [-0.15, -0.1) is 0 Å². The van der Waals surface area contributed by atoms with Gasteiger partial charge in [0.25, 0.3) is 0 Å². The first-order valence-corrected chi connectivity index (χ1v) is 13.2. The quantitative estimate of drug-likeness (QED) is 0.395. The highest BCUT2D eigenvalue weighted by Crippen LogP contribution is 2.20. The molecule has 0 bridgehead atoms. The van der Waals surface area contributed by atoms with Crippen molar-refractivity contribution in [3.63, 3.8) is 0 Å². The van der Waals surface area contributed by atoms with E-state index in [1.165, 1.54) is 0 Å². The zero-order valence-corrected chi connectivity index (χ0v) is 22.7. The van der Waals surface area contributed by atoms with E-state index in [1.807, 2.05) is 68.4 Å². The first kappa shape index (κ1) is 27.7. The number of urea groups is 1. The monoisotopic (exact) mass is 538 g/mol. The second-order valence-electron chi connectivity index (χ2n) is 9.52. The van der Waals surface area contributed by atoms with Crippen molar-refractivity contribution in [1.29, 1.82) is 0 Å². The third-order valence-corrected chi connectivity index (χ3v) is 6.95. The van der Waals surface area contributed by atoms with Crippen LogP contribution in [0.4, 0.5) is 10.5 Å². The van der Waals surface area contributed by atoms with E-state index >= 15 is 0 Å². The van der Waals surface area contributed by atoms with Crippen LogP contribution in [0.1, 0.15) is 22.6 Å². The number of carbonyl (C=O) groups is 2. The first-order valence-electron chi connectivity index (χ1n) is 12.9. The number of benzene rings is 2. The number of nitrogens with zero attached hydrogens (tertiary/aromatic N) is 3. The molecular formula is C29H35ClN4O4. The van der Waals surface area contributed by atoms with Gasteiger partial charge in [-0.1, -0.05) is 48.0 Å². The number of hydrogen-bond donors (Lipinski definition) is 1. The summed E-state index contributed by atoms with van der Waals surface area (Å²) in [5.74, 6) is 1.32. The summed E-state index contributed by atoms with van der Waals surface area (Å²) in [4.78, 5) is 32.6. The molecule has 0 radical (unpaired) electrons. The van der Waals surface area contributed by atoms with E-state index in [2.05, 4.69) is 10.2 Å². The maximum Gasteiger partial charge on any atom is 0.322 e. The third kappa shape index (κ3) is 8.08. The van der Waals surface area contributed by atoms with E-state index in [0.29, 0.717) is 55.9 Å². The average Bonchev–Trinajstić information content (AvgIpc) is 3.33. The van der Waals surface area contributed by atoms with Crippen LogP contribution in [-0.2, 0) is 22.6 Å². The molecule has 2 heterocycles. The van der Waals surface area contributed by atoms with Crippen molar-refractivity contribution in [3.05, 3.63) is 88.3 Å². The normalized spacial score (nSPS) is 13.8. The lowest BCUT2D eigenvalue weighted by Gasteiger charge is -2.31. The number of rotatable bonds is 10. The molecule has 0 unspecified atom stereocenters. The largest absolute Gasteiger partial charge is 0.464 e. The van der Waals surface area contributed by atoms with Crippen LogP contribution in [0.2, 0.25) is 5.02 Å². The van der Waals surface area contributed by atoms with Crippen molar-refractivity contribution >= 4 is 29.2 Å². The Kier molecular flexibility index (Phi) is 9.81. The summed E-state index contributed by atoms with van der Waals surface area (Å²) in [5.41, 5.74) is 2.51. The van der Waals surface area contributed by atoms with Crippen LogP contribution in [0.25, 0.3) is 0 Å². The summed E-state index contributed by atoms with van der Waals surface area (Å²) in [6, 6.07) is 18.6. The molecule has 0 spiro atoms. The maximum atomic E-state index is 13.7. The van der Waals surface area contributed by atoms with Gasteiger partial charge in [0.05, 0.1) is 19.8 Å². The molecule has 1 N–H and O–H groups in total. The van der Waals surface area contributed by atoms with Gasteiger partial charge < -0.3 is 24.3 Å². The second-order valence-corrected chi connectivity index (χ2v) is 9.92. The molecular weight excluding hydrogens is 504 g/mol. The molecule has 1 aliphatic rings. The van der Waals surface area contributed by atoms with Crippen molar-refractivity contribution < 1.29 is 18.7 Å². The van der Waals surface area contributed by atoms with Gasteiger partial charge in [0.2, 0.25) is 5.91 Å². The van der Waals surface area contributed by atoms with Crippen molar-refractivity contribution in [1.82, 2.24) is 14.7 Å².